The van der Waals surface area contributed by atoms with Gasteiger partial charge in [0.05, 0.1) is 0 Å². The fraction of sp³-hybridized carbons (Fsp3) is 0.800. The van der Waals surface area contributed by atoms with Gasteiger partial charge in [-0.05, 0) is 0 Å². The van der Waals surface area contributed by atoms with Gasteiger partial charge in [-0.3, -0.25) is 0 Å². The van der Waals surface area contributed by atoms with Crippen LogP contribution in [0.3, 0.4) is 0 Å². The van der Waals surface area contributed by atoms with Gasteiger partial charge in [-0.25, -0.2) is 0 Å². The van der Waals surface area contributed by atoms with Gasteiger partial charge in [0.25, 0.3) is 0 Å². The van der Waals surface area contributed by atoms with Crippen molar-refractivity contribution in [2.75, 3.05) is 0 Å². The van der Waals surface area contributed by atoms with Crippen LogP contribution in [0.25, 0.3) is 0 Å². The molecule has 0 heterocycles. The summed E-state index contributed by atoms with van der Waals surface area (Å²) >= 11 is 2.16. The summed E-state index contributed by atoms with van der Waals surface area (Å²) in [6.07, 6.45) is 3.73. The summed E-state index contributed by atoms with van der Waals surface area (Å²) in [6.45, 7) is 2.19. The van der Waals surface area contributed by atoms with Crippen molar-refractivity contribution in [2.24, 2.45) is 0 Å². The van der Waals surface area contributed by atoms with Crippen molar-refractivity contribution in [3.8, 4) is 3.81 Å². The predicted molar refractivity (Wildman–Crippen MR) is 37.4 cm³/mol. The first-order valence-electron chi connectivity index (χ1n) is 2.25. The predicted octanol–water partition coefficient (Wildman–Crippen LogP) is 2.57. The van der Waals surface area contributed by atoms with Crippen LogP contribution in [0.2, 0.25) is 0 Å². The zero-order chi connectivity index (χ0) is 4.83. The Hall–Kier alpha value is 0.510. The maximum atomic E-state index is 3.04. The molecule has 0 rings (SSSR count). The second-order valence-electron chi connectivity index (χ2n) is 1.24. The number of halogens is 1. The molecule has 0 amide bonds. The molecule has 0 atom stereocenters. The molecule has 36 valence electrons. The van der Waals surface area contributed by atoms with Gasteiger partial charge in [-0.2, -0.15) is 0 Å². The second-order valence-corrected chi connectivity index (χ2v) is 2.00. The topological polar surface area (TPSA) is 0 Å². The number of rotatable bonds is 2. The minimum atomic E-state index is 1.15. The average Bonchev–Trinajstić information content (AvgIpc) is 1.61. The first kappa shape index (κ1) is 6.51. The summed E-state index contributed by atoms with van der Waals surface area (Å²) in [4.78, 5) is 0. The molecule has 0 nitrogen and oxygen atoms in total. The van der Waals surface area contributed by atoms with Crippen molar-refractivity contribution < 1.29 is 0 Å². The van der Waals surface area contributed by atoms with Crippen LogP contribution in [0.5, 0.6) is 0 Å². The van der Waals surface area contributed by atoms with Crippen molar-refractivity contribution in [1.82, 2.24) is 0 Å². The van der Waals surface area contributed by atoms with Crippen molar-refractivity contribution in [3.05, 3.63) is 0 Å². The molecule has 0 bridgehead atoms. The van der Waals surface area contributed by atoms with Crippen LogP contribution >= 0.6 is 21.9 Å². The van der Waals surface area contributed by atoms with E-state index in [0.717, 1.165) is 6.42 Å². The van der Waals surface area contributed by atoms with Gasteiger partial charge in [-0.15, -0.1) is 0 Å². The quantitative estimate of drug-likeness (QED) is 0.470. The van der Waals surface area contributed by atoms with E-state index in [0.29, 0.717) is 0 Å². The number of unbranched alkanes of at least 4 members (excludes halogenated alkanes) is 2. The van der Waals surface area contributed by atoms with Gasteiger partial charge >= 0.3 is 51.9 Å². The first-order chi connectivity index (χ1) is 2.91. The fourth-order valence-electron chi connectivity index (χ4n) is 0.244. The van der Waals surface area contributed by atoms with Crippen molar-refractivity contribution in [3.63, 3.8) is 0 Å². The van der Waals surface area contributed by atoms with E-state index < -0.39 is 0 Å². The van der Waals surface area contributed by atoms with Crippen molar-refractivity contribution >= 4 is 21.9 Å². The summed E-state index contributed by atoms with van der Waals surface area (Å²) in [5.74, 6) is 0. The Morgan fingerprint density at radius 2 is 2.33 bits per heavy atom. The van der Waals surface area contributed by atoms with Gasteiger partial charge in [0.15, 0.2) is 0 Å². The molecule has 1 heteroatoms. The van der Waals surface area contributed by atoms with E-state index in [9.17, 15) is 0 Å². The van der Waals surface area contributed by atoms with Crippen LogP contribution < -0.4 is 0 Å². The Kier molecular flexibility index (Phi) is 5.98. The Labute approximate surface area is 52.2 Å². The molecule has 0 spiro atoms. The molecule has 0 aromatic rings. The van der Waals surface area contributed by atoms with Gasteiger partial charge in [0.2, 0.25) is 0 Å². The van der Waals surface area contributed by atoms with E-state index in [1.54, 1.807) is 0 Å². The Morgan fingerprint density at radius 1 is 1.67 bits per heavy atom. The summed E-state index contributed by atoms with van der Waals surface area (Å²) in [7, 11) is 0. The summed E-state index contributed by atoms with van der Waals surface area (Å²) in [5, 5.41) is 0. The molecule has 0 aromatic carbocycles. The molecule has 6 heavy (non-hydrogen) atoms. The molecule has 0 fully saturated rings. The SMILES string of the molecule is CCCCC#I. The van der Waals surface area contributed by atoms with E-state index in [-0.39, 0.29) is 0 Å². The van der Waals surface area contributed by atoms with E-state index in [2.05, 4.69) is 32.6 Å². The van der Waals surface area contributed by atoms with Gasteiger partial charge in [0.1, 0.15) is 0 Å². The Bertz CT molecular complexity index is 51.4. The molecule has 0 saturated carbocycles. The molecule has 0 aromatic heterocycles. The summed E-state index contributed by atoms with van der Waals surface area (Å²) in [5.41, 5.74) is 0. The molecular weight excluding hydrogens is 187 g/mol. The van der Waals surface area contributed by atoms with Crippen LogP contribution in [-0.2, 0) is 0 Å². The molecule has 0 saturated heterocycles. The second kappa shape index (κ2) is 5.51. The van der Waals surface area contributed by atoms with E-state index in [1.807, 2.05) is 0 Å². The van der Waals surface area contributed by atoms with Gasteiger partial charge in [0, 0.05) is 0 Å². The summed E-state index contributed by atoms with van der Waals surface area (Å²) in [6, 6.07) is 0. The molecular formula is C5H9I. The molecule has 0 aliphatic heterocycles. The van der Waals surface area contributed by atoms with E-state index >= 15 is 0 Å². The Morgan fingerprint density at radius 3 is 2.50 bits per heavy atom. The molecule has 0 aliphatic carbocycles. The van der Waals surface area contributed by atoms with Crippen LogP contribution in [0, 0.1) is 3.81 Å². The zero-order valence-electron chi connectivity index (χ0n) is 4.00. The van der Waals surface area contributed by atoms with Crippen LogP contribution in [-0.4, -0.2) is 0 Å². The third kappa shape index (κ3) is 4.51. The molecule has 0 N–H and O–H groups in total. The Balaban J connectivity index is 2.54. The standard InChI is InChI=1S/C5H9I/c1-2-3-4-5-6/h2-4H2,1H3. The van der Waals surface area contributed by atoms with Gasteiger partial charge < -0.3 is 0 Å². The van der Waals surface area contributed by atoms with Crippen LogP contribution in [0.1, 0.15) is 26.2 Å². The summed E-state index contributed by atoms with van der Waals surface area (Å²) < 4.78 is 3.04. The fourth-order valence-corrected chi connectivity index (χ4v) is 0.625. The normalized spacial score (nSPS) is 7.50. The van der Waals surface area contributed by atoms with Crippen LogP contribution in [0.15, 0.2) is 0 Å². The van der Waals surface area contributed by atoms with E-state index in [1.165, 1.54) is 12.8 Å². The zero-order valence-corrected chi connectivity index (χ0v) is 6.16. The third-order valence-electron chi connectivity index (χ3n) is 0.625. The molecule has 0 aliphatic rings. The minimum absolute atomic E-state index is 1.15. The molecule has 0 radical (unpaired) electrons. The van der Waals surface area contributed by atoms with Gasteiger partial charge in [-0.1, -0.05) is 0 Å². The van der Waals surface area contributed by atoms with Crippen molar-refractivity contribution in [1.29, 1.82) is 0 Å². The number of hydrogen-bond donors (Lipinski definition) is 0. The molecule has 0 unspecified atom stereocenters. The number of hydrogen-bond acceptors (Lipinski definition) is 0. The average molecular weight is 196 g/mol. The maximum absolute atomic E-state index is 3.04. The van der Waals surface area contributed by atoms with Crippen LogP contribution in [0.4, 0.5) is 0 Å². The third-order valence-corrected chi connectivity index (χ3v) is 1.16. The van der Waals surface area contributed by atoms with E-state index in [4.69, 9.17) is 0 Å². The van der Waals surface area contributed by atoms with Crippen molar-refractivity contribution in [2.45, 2.75) is 26.2 Å². The monoisotopic (exact) mass is 196 g/mol. The first-order valence-corrected chi connectivity index (χ1v) is 3.33.